The maximum absolute atomic E-state index is 11.0. The molecule has 0 aliphatic rings. The molecule has 0 bridgehead atoms. The summed E-state index contributed by atoms with van der Waals surface area (Å²) in [6.45, 7) is 8.00. The second kappa shape index (κ2) is 13.9. The van der Waals surface area contributed by atoms with Gasteiger partial charge in [-0.3, -0.25) is 4.79 Å². The molecule has 1 amide bonds. The van der Waals surface area contributed by atoms with Crippen LogP contribution in [0.25, 0.3) is 10.8 Å². The lowest BCUT2D eigenvalue weighted by Gasteiger charge is -2.06. The molecule has 4 heteroatoms. The molecule has 4 nitrogen and oxygen atoms in total. The molecule has 0 radical (unpaired) electrons. The molecule has 0 aliphatic carbocycles. The summed E-state index contributed by atoms with van der Waals surface area (Å²) in [6, 6.07) is 11.6. The number of amides is 1. The van der Waals surface area contributed by atoms with E-state index in [1.807, 2.05) is 64.1 Å². The quantitative estimate of drug-likeness (QED) is 0.911. The number of ether oxygens (including phenoxy) is 1. The number of nitrogens with two attached hydrogens (primary N) is 2. The third kappa shape index (κ3) is 7.09. The molecule has 2 aromatic rings. The summed E-state index contributed by atoms with van der Waals surface area (Å²) in [7, 11) is 3.12. The number of methoxy groups -OCH3 is 1. The van der Waals surface area contributed by atoms with E-state index in [4.69, 9.17) is 10.5 Å². The maximum atomic E-state index is 11.0. The van der Waals surface area contributed by atoms with Crippen LogP contribution < -0.4 is 16.2 Å². The Kier molecular flexibility index (Phi) is 14.0. The molecule has 22 heavy (non-hydrogen) atoms. The molecule has 0 unspecified atom stereocenters. The minimum atomic E-state index is -0.324. The van der Waals surface area contributed by atoms with Gasteiger partial charge in [-0.05, 0) is 35.5 Å². The molecule has 0 aromatic heterocycles. The van der Waals surface area contributed by atoms with Gasteiger partial charge in [0.05, 0.1) is 13.5 Å². The summed E-state index contributed by atoms with van der Waals surface area (Å²) in [5.74, 6) is 0.458. The zero-order valence-corrected chi connectivity index (χ0v) is 14.6. The van der Waals surface area contributed by atoms with E-state index in [0.29, 0.717) is 0 Å². The number of rotatable bonds is 3. The van der Waals surface area contributed by atoms with Gasteiger partial charge < -0.3 is 16.2 Å². The van der Waals surface area contributed by atoms with E-state index in [9.17, 15) is 4.79 Å². The van der Waals surface area contributed by atoms with Gasteiger partial charge in [0.2, 0.25) is 5.91 Å². The second-order valence-electron chi connectivity index (χ2n) is 3.65. The Balaban J connectivity index is 0. The summed E-state index contributed by atoms with van der Waals surface area (Å²) in [5.41, 5.74) is 10.7. The van der Waals surface area contributed by atoms with Crippen molar-refractivity contribution in [3.05, 3.63) is 42.0 Å². The van der Waals surface area contributed by atoms with Crippen LogP contribution in [-0.2, 0) is 11.2 Å². The number of fused-ring (bicyclic) bond motifs is 1. The molecule has 0 spiro atoms. The lowest BCUT2D eigenvalue weighted by molar-refractivity contribution is -0.117. The van der Waals surface area contributed by atoms with Crippen LogP contribution in [0.5, 0.6) is 5.75 Å². The molecule has 0 saturated carbocycles. The van der Waals surface area contributed by atoms with Crippen LogP contribution in [0.3, 0.4) is 0 Å². The average molecular weight is 306 g/mol. The summed E-state index contributed by atoms with van der Waals surface area (Å²) in [4.78, 5) is 11.0. The normalized spacial score (nSPS) is 8.32. The smallest absolute Gasteiger partial charge is 0.221 e. The van der Waals surface area contributed by atoms with E-state index in [-0.39, 0.29) is 12.3 Å². The van der Waals surface area contributed by atoms with Crippen molar-refractivity contribution < 1.29 is 9.53 Å². The van der Waals surface area contributed by atoms with Gasteiger partial charge in [-0.1, -0.05) is 52.0 Å². The second-order valence-corrected chi connectivity index (χ2v) is 3.65. The predicted octanol–water partition coefficient (Wildman–Crippen LogP) is 3.50. The van der Waals surface area contributed by atoms with E-state index in [2.05, 4.69) is 5.73 Å². The van der Waals surface area contributed by atoms with Gasteiger partial charge in [0, 0.05) is 0 Å². The Morgan fingerprint density at radius 1 is 1.05 bits per heavy atom. The minimum Gasteiger partial charge on any atom is -0.497 e. The van der Waals surface area contributed by atoms with E-state index >= 15 is 0 Å². The lowest BCUT2D eigenvalue weighted by Crippen LogP contribution is -2.13. The molecule has 124 valence electrons. The summed E-state index contributed by atoms with van der Waals surface area (Å²) >= 11 is 0. The Bertz CT molecular complexity index is 540. The van der Waals surface area contributed by atoms with Gasteiger partial charge in [-0.15, -0.1) is 0 Å². The summed E-state index contributed by atoms with van der Waals surface area (Å²) in [6.07, 6.45) is 0.254. The van der Waals surface area contributed by atoms with Gasteiger partial charge in [0.25, 0.3) is 0 Å². The van der Waals surface area contributed by atoms with Gasteiger partial charge in [0.15, 0.2) is 0 Å². The highest BCUT2D eigenvalue weighted by atomic mass is 16.5. The Morgan fingerprint density at radius 3 is 2.14 bits per heavy atom. The van der Waals surface area contributed by atoms with Gasteiger partial charge in [-0.2, -0.15) is 0 Å². The molecule has 4 N–H and O–H groups in total. The van der Waals surface area contributed by atoms with Gasteiger partial charge >= 0.3 is 0 Å². The van der Waals surface area contributed by atoms with Crippen molar-refractivity contribution in [1.82, 2.24) is 0 Å². The van der Waals surface area contributed by atoms with Crippen LogP contribution in [0.2, 0.25) is 0 Å². The first-order chi connectivity index (χ1) is 10.7. The van der Waals surface area contributed by atoms with Crippen molar-refractivity contribution in [3.8, 4) is 5.75 Å². The standard InChI is InChI=1S/C13H13NO2.2C2H6.CH5N/c1-16-11-6-5-9-3-2-4-10(7-13(14)15)12(9)8-11;3*1-2/h2-6,8H,7H2,1H3,(H2,14,15);2*1-2H3;2H2,1H3. The maximum Gasteiger partial charge on any atom is 0.221 e. The molecule has 0 atom stereocenters. The number of hydrogen-bond acceptors (Lipinski definition) is 3. The highest BCUT2D eigenvalue weighted by molar-refractivity contribution is 5.90. The number of carbonyl (C=O) groups is 1. The Labute approximate surface area is 134 Å². The topological polar surface area (TPSA) is 78.3 Å². The summed E-state index contributed by atoms with van der Waals surface area (Å²) in [5, 5.41) is 2.10. The highest BCUT2D eigenvalue weighted by Crippen LogP contribution is 2.24. The van der Waals surface area contributed by atoms with Crippen LogP contribution in [-0.4, -0.2) is 20.1 Å². The van der Waals surface area contributed by atoms with Crippen molar-refractivity contribution in [2.45, 2.75) is 34.1 Å². The fourth-order valence-electron chi connectivity index (χ4n) is 1.79. The van der Waals surface area contributed by atoms with Crippen molar-refractivity contribution in [2.75, 3.05) is 14.2 Å². The Hall–Kier alpha value is -2.07. The number of carbonyl (C=O) groups excluding carboxylic acids is 1. The number of benzene rings is 2. The molecular formula is C18H30N2O2. The molecule has 0 fully saturated rings. The average Bonchev–Trinajstić information content (AvgIpc) is 2.60. The first-order valence-corrected chi connectivity index (χ1v) is 7.62. The van der Waals surface area contributed by atoms with Gasteiger partial charge in [-0.25, -0.2) is 0 Å². The van der Waals surface area contributed by atoms with Crippen LogP contribution in [0.4, 0.5) is 0 Å². The third-order valence-corrected chi connectivity index (χ3v) is 2.54. The fourth-order valence-corrected chi connectivity index (χ4v) is 1.79. The zero-order valence-electron chi connectivity index (χ0n) is 14.6. The SMILES string of the molecule is CC.CC.CN.COc1ccc2cccc(CC(N)=O)c2c1. The van der Waals surface area contributed by atoms with Crippen molar-refractivity contribution in [1.29, 1.82) is 0 Å². The van der Waals surface area contributed by atoms with E-state index < -0.39 is 0 Å². The van der Waals surface area contributed by atoms with Crippen molar-refractivity contribution in [3.63, 3.8) is 0 Å². The number of hydrogen-bond donors (Lipinski definition) is 2. The minimum absolute atomic E-state index is 0.254. The first-order valence-electron chi connectivity index (χ1n) is 7.62. The van der Waals surface area contributed by atoms with Crippen LogP contribution in [0, 0.1) is 0 Å². The van der Waals surface area contributed by atoms with E-state index in [1.54, 1.807) is 7.11 Å². The monoisotopic (exact) mass is 306 g/mol. The van der Waals surface area contributed by atoms with Crippen LogP contribution >= 0.6 is 0 Å². The van der Waals surface area contributed by atoms with E-state index in [0.717, 1.165) is 22.1 Å². The van der Waals surface area contributed by atoms with Crippen molar-refractivity contribution in [2.24, 2.45) is 11.5 Å². The zero-order chi connectivity index (χ0) is 17.5. The fraction of sp³-hybridized carbons (Fsp3) is 0.389. The third-order valence-electron chi connectivity index (χ3n) is 2.54. The lowest BCUT2D eigenvalue weighted by atomic mass is 10.0. The molecule has 0 heterocycles. The van der Waals surface area contributed by atoms with Crippen LogP contribution in [0.1, 0.15) is 33.3 Å². The largest absolute Gasteiger partial charge is 0.497 e. The summed E-state index contributed by atoms with van der Waals surface area (Å²) < 4.78 is 5.17. The van der Waals surface area contributed by atoms with Crippen molar-refractivity contribution >= 4 is 16.7 Å². The highest BCUT2D eigenvalue weighted by Gasteiger charge is 2.04. The predicted molar refractivity (Wildman–Crippen MR) is 96.2 cm³/mol. The first kappa shape index (κ1) is 22.2. The van der Waals surface area contributed by atoms with Crippen LogP contribution in [0.15, 0.2) is 36.4 Å². The number of primary amides is 1. The molecular weight excluding hydrogens is 276 g/mol. The molecule has 2 aromatic carbocycles. The molecule has 0 aliphatic heterocycles. The Morgan fingerprint density at radius 2 is 1.64 bits per heavy atom. The van der Waals surface area contributed by atoms with Gasteiger partial charge in [0.1, 0.15) is 5.75 Å². The molecule has 2 rings (SSSR count). The molecule has 0 saturated heterocycles. The van der Waals surface area contributed by atoms with E-state index in [1.165, 1.54) is 7.05 Å².